The molecule has 3 aliphatic heterocycles. The molecule has 3 aliphatic rings. The molecule has 0 bridgehead atoms. The van der Waals surface area contributed by atoms with Crippen molar-refractivity contribution in [3.8, 4) is 0 Å². The second kappa shape index (κ2) is 6.72. The highest BCUT2D eigenvalue weighted by Crippen LogP contribution is 2.34. The lowest BCUT2D eigenvalue weighted by atomic mass is 9.83. The first kappa shape index (κ1) is 17.9. The largest absolute Gasteiger partial charge is 0.354 e. The van der Waals surface area contributed by atoms with Gasteiger partial charge in [-0.05, 0) is 31.2 Å². The molecular formula is C21H30N6O. The third-order valence-electron chi connectivity index (χ3n) is 6.52. The van der Waals surface area contributed by atoms with E-state index in [0.717, 1.165) is 70.0 Å². The van der Waals surface area contributed by atoms with Crippen LogP contribution in [0, 0.1) is 11.3 Å². The van der Waals surface area contributed by atoms with Gasteiger partial charge in [-0.15, -0.1) is 0 Å². The Bertz CT molecular complexity index is 898. The predicted molar refractivity (Wildman–Crippen MR) is 109 cm³/mol. The molecule has 0 aromatic carbocycles. The lowest BCUT2D eigenvalue weighted by Crippen LogP contribution is -2.57. The fourth-order valence-electron chi connectivity index (χ4n) is 5.02. The third-order valence-corrected chi connectivity index (χ3v) is 6.52. The zero-order chi connectivity index (χ0) is 19.3. The van der Waals surface area contributed by atoms with Crippen LogP contribution in [0.2, 0.25) is 0 Å². The van der Waals surface area contributed by atoms with Crippen LogP contribution in [0.25, 0.3) is 5.65 Å². The number of aromatic nitrogens is 3. The molecule has 1 amide bonds. The van der Waals surface area contributed by atoms with Crippen molar-refractivity contribution in [3.05, 3.63) is 23.5 Å². The third kappa shape index (κ3) is 3.05. The Morgan fingerprint density at radius 3 is 2.89 bits per heavy atom. The highest BCUT2D eigenvalue weighted by atomic mass is 16.2. The Labute approximate surface area is 166 Å². The minimum Gasteiger partial charge on any atom is -0.354 e. The van der Waals surface area contributed by atoms with Gasteiger partial charge in [-0.1, -0.05) is 13.8 Å². The maximum atomic E-state index is 13.1. The van der Waals surface area contributed by atoms with Gasteiger partial charge in [0.1, 0.15) is 5.82 Å². The van der Waals surface area contributed by atoms with Gasteiger partial charge in [-0.25, -0.2) is 4.98 Å². The van der Waals surface area contributed by atoms with Crippen molar-refractivity contribution in [2.75, 3.05) is 44.2 Å². The Balaban J connectivity index is 1.37. The number of nitrogens with one attached hydrogen (secondary N) is 1. The van der Waals surface area contributed by atoms with Crippen LogP contribution in [0.1, 0.15) is 37.9 Å². The van der Waals surface area contributed by atoms with Crippen molar-refractivity contribution in [3.63, 3.8) is 0 Å². The van der Waals surface area contributed by atoms with Gasteiger partial charge in [0.05, 0.1) is 17.8 Å². The molecule has 5 heterocycles. The smallest absolute Gasteiger partial charge is 0.229 e. The summed E-state index contributed by atoms with van der Waals surface area (Å²) in [5.41, 5.74) is 3.63. The second-order valence-electron chi connectivity index (χ2n) is 9.34. The van der Waals surface area contributed by atoms with Crippen molar-refractivity contribution in [2.24, 2.45) is 11.3 Å². The number of fused-ring (bicyclic) bond motifs is 2. The van der Waals surface area contributed by atoms with Crippen LogP contribution < -0.4 is 10.2 Å². The quantitative estimate of drug-likeness (QED) is 0.853. The number of amides is 1. The molecule has 2 saturated heterocycles. The molecule has 150 valence electrons. The Morgan fingerprint density at radius 1 is 1.25 bits per heavy atom. The monoisotopic (exact) mass is 382 g/mol. The van der Waals surface area contributed by atoms with Crippen LogP contribution in [-0.4, -0.2) is 64.7 Å². The summed E-state index contributed by atoms with van der Waals surface area (Å²) >= 11 is 0. The summed E-state index contributed by atoms with van der Waals surface area (Å²) in [6, 6.07) is 1.97. The number of anilines is 1. The number of rotatable bonds is 2. The highest BCUT2D eigenvalue weighted by Gasteiger charge is 2.40. The molecule has 2 fully saturated rings. The molecule has 0 atom stereocenters. The van der Waals surface area contributed by atoms with E-state index in [1.807, 2.05) is 16.8 Å². The number of likely N-dealkylation sites (tertiary alicyclic amines) is 1. The number of hydrogen-bond donors (Lipinski definition) is 1. The van der Waals surface area contributed by atoms with Crippen molar-refractivity contribution in [1.29, 1.82) is 0 Å². The first-order chi connectivity index (χ1) is 13.5. The number of carbonyl (C=O) groups is 1. The number of piperidine rings is 1. The summed E-state index contributed by atoms with van der Waals surface area (Å²) in [6.07, 6.45) is 6.06. The highest BCUT2D eigenvalue weighted by molar-refractivity contribution is 5.82. The molecule has 0 aliphatic carbocycles. The maximum Gasteiger partial charge on any atom is 0.229 e. The molecule has 1 N–H and O–H groups in total. The molecule has 0 unspecified atom stereocenters. The Morgan fingerprint density at radius 2 is 2.07 bits per heavy atom. The van der Waals surface area contributed by atoms with Crippen LogP contribution in [0.3, 0.4) is 0 Å². The molecule has 0 radical (unpaired) electrons. The van der Waals surface area contributed by atoms with Gasteiger partial charge in [0.25, 0.3) is 0 Å². The Kier molecular flexibility index (Phi) is 4.30. The van der Waals surface area contributed by atoms with Gasteiger partial charge in [-0.3, -0.25) is 4.79 Å². The number of hydrogen-bond acceptors (Lipinski definition) is 5. The summed E-state index contributed by atoms with van der Waals surface area (Å²) < 4.78 is 1.97. The predicted octanol–water partition coefficient (Wildman–Crippen LogP) is 1.50. The van der Waals surface area contributed by atoms with Crippen LogP contribution in [-0.2, 0) is 17.6 Å². The van der Waals surface area contributed by atoms with Gasteiger partial charge >= 0.3 is 0 Å². The molecule has 0 spiro atoms. The summed E-state index contributed by atoms with van der Waals surface area (Å²) in [7, 11) is 0. The first-order valence-corrected chi connectivity index (χ1v) is 10.6. The number of nitrogens with zero attached hydrogens (tertiary/aromatic N) is 5. The maximum absolute atomic E-state index is 13.1. The molecule has 5 rings (SSSR count). The molecule has 7 nitrogen and oxygen atoms in total. The van der Waals surface area contributed by atoms with E-state index >= 15 is 0 Å². The van der Waals surface area contributed by atoms with Gasteiger partial charge in [0, 0.05) is 50.8 Å². The van der Waals surface area contributed by atoms with E-state index in [1.165, 1.54) is 17.7 Å². The average molecular weight is 383 g/mol. The van der Waals surface area contributed by atoms with E-state index in [9.17, 15) is 4.79 Å². The molecule has 2 aromatic rings. The normalized spacial score (nSPS) is 22.6. The van der Waals surface area contributed by atoms with E-state index in [0.29, 0.717) is 5.91 Å². The zero-order valence-electron chi connectivity index (χ0n) is 16.9. The molecular weight excluding hydrogens is 352 g/mol. The first-order valence-electron chi connectivity index (χ1n) is 10.6. The van der Waals surface area contributed by atoms with Crippen LogP contribution in [0.4, 0.5) is 5.82 Å². The molecule has 7 heteroatoms. The minimum atomic E-state index is 0.104. The summed E-state index contributed by atoms with van der Waals surface area (Å²) in [4.78, 5) is 22.3. The van der Waals surface area contributed by atoms with E-state index in [1.54, 1.807) is 0 Å². The van der Waals surface area contributed by atoms with Crippen LogP contribution in [0.15, 0.2) is 12.3 Å². The second-order valence-corrected chi connectivity index (χ2v) is 9.34. The standard InChI is InChI=1S/C21H30N6O/c1-21(2)7-3-11-25(14-21)20(28)15-12-26(13-15)19-16-4-8-22-9-5-17(16)24-18-6-10-23-27(18)19/h6,10,15,22H,3-5,7-9,11-14H2,1-2H3. The lowest BCUT2D eigenvalue weighted by Gasteiger charge is -2.45. The van der Waals surface area contributed by atoms with Crippen LogP contribution >= 0.6 is 0 Å². The fourth-order valence-corrected chi connectivity index (χ4v) is 5.02. The van der Waals surface area contributed by atoms with Gasteiger partial charge in [-0.2, -0.15) is 9.61 Å². The average Bonchev–Trinajstić information content (AvgIpc) is 2.95. The van der Waals surface area contributed by atoms with E-state index in [-0.39, 0.29) is 11.3 Å². The van der Waals surface area contributed by atoms with Crippen molar-refractivity contribution >= 4 is 17.4 Å². The van der Waals surface area contributed by atoms with Crippen molar-refractivity contribution in [2.45, 2.75) is 39.5 Å². The van der Waals surface area contributed by atoms with E-state index in [4.69, 9.17) is 4.98 Å². The minimum absolute atomic E-state index is 0.104. The van der Waals surface area contributed by atoms with E-state index < -0.39 is 0 Å². The topological polar surface area (TPSA) is 65.8 Å². The van der Waals surface area contributed by atoms with Gasteiger partial charge in [0.2, 0.25) is 5.91 Å². The van der Waals surface area contributed by atoms with E-state index in [2.05, 4.69) is 34.1 Å². The summed E-state index contributed by atoms with van der Waals surface area (Å²) in [5, 5.41) is 8.01. The Hall–Kier alpha value is -2.15. The zero-order valence-corrected chi connectivity index (χ0v) is 16.9. The lowest BCUT2D eigenvalue weighted by molar-refractivity contribution is -0.139. The SMILES string of the molecule is CC1(C)CCCN(C(=O)C2CN(c3c4c(nc5ccnn35)CCNCC4)C2)C1. The summed E-state index contributed by atoms with van der Waals surface area (Å²) in [5.74, 6) is 1.59. The molecule has 0 saturated carbocycles. The molecule has 28 heavy (non-hydrogen) atoms. The van der Waals surface area contributed by atoms with Crippen LogP contribution in [0.5, 0.6) is 0 Å². The fraction of sp³-hybridized carbons (Fsp3) is 0.667. The van der Waals surface area contributed by atoms with Gasteiger partial charge < -0.3 is 15.1 Å². The summed E-state index contributed by atoms with van der Waals surface area (Å²) in [6.45, 7) is 9.86. The van der Waals surface area contributed by atoms with Crippen molar-refractivity contribution in [1.82, 2.24) is 24.8 Å². The van der Waals surface area contributed by atoms with Gasteiger partial charge in [0.15, 0.2) is 5.65 Å². The van der Waals surface area contributed by atoms with Crippen molar-refractivity contribution < 1.29 is 4.79 Å². The molecule has 2 aromatic heterocycles. The number of carbonyl (C=O) groups excluding carboxylic acids is 1.